The Balaban J connectivity index is 2.90. The van der Waals surface area contributed by atoms with Crippen molar-refractivity contribution in [3.05, 3.63) is 29.9 Å². The average Bonchev–Trinajstić information content (AvgIpc) is 1.89. The number of hydrogen-bond acceptors (Lipinski definition) is 1. The fraction of sp³-hybridized carbons (Fsp3) is 0.143. The number of carbonyl (C=O) groups excluding carboxylic acids is 1. The molecule has 0 aromatic carbocycles. The molecule has 0 heterocycles. The van der Waals surface area contributed by atoms with Crippen LogP contribution in [-0.2, 0) is 4.79 Å². The first-order chi connectivity index (χ1) is 4.34. The highest BCUT2D eigenvalue weighted by Gasteiger charge is 2.04. The van der Waals surface area contributed by atoms with Crippen molar-refractivity contribution in [2.75, 3.05) is 0 Å². The maximum absolute atomic E-state index is 10.1. The molecule has 0 amide bonds. The van der Waals surface area contributed by atoms with E-state index in [1.54, 1.807) is 6.08 Å². The predicted octanol–water partition coefficient (Wildman–Crippen LogP) is 0.292. The van der Waals surface area contributed by atoms with Gasteiger partial charge in [-0.15, -0.1) is 0 Å². The Morgan fingerprint density at radius 2 is 2.33 bits per heavy atom. The summed E-state index contributed by atoms with van der Waals surface area (Å²) in [6.07, 6.45) is 7.55. The Bertz CT molecular complexity index is 209. The highest BCUT2D eigenvalue weighted by atomic mass is 16.1. The van der Waals surface area contributed by atoms with Gasteiger partial charge in [-0.25, -0.2) is 4.79 Å². The van der Waals surface area contributed by atoms with Gasteiger partial charge in [-0.2, -0.15) is 0 Å². The van der Waals surface area contributed by atoms with Gasteiger partial charge in [0.05, 0.1) is 0 Å². The third-order valence-electron chi connectivity index (χ3n) is 1.40. The highest BCUT2D eigenvalue weighted by molar-refractivity contribution is 6.16. The minimum absolute atomic E-state index is 0.243. The standard InChI is InChI=1S/C7H7BO/c8-7-4-2-1-3-6(7)5-9/h1-4,7H,8H2. The summed E-state index contributed by atoms with van der Waals surface area (Å²) in [6, 6.07) is 0. The van der Waals surface area contributed by atoms with Gasteiger partial charge in [0.1, 0.15) is 13.8 Å². The molecule has 0 spiro atoms. The average molecular weight is 118 g/mol. The first-order valence-electron chi connectivity index (χ1n) is 2.94. The number of hydrogen-bond donors (Lipinski definition) is 0. The van der Waals surface area contributed by atoms with E-state index in [1.807, 2.05) is 32.0 Å². The van der Waals surface area contributed by atoms with E-state index in [4.69, 9.17) is 0 Å². The lowest BCUT2D eigenvalue weighted by Gasteiger charge is -2.04. The zero-order valence-electron chi connectivity index (χ0n) is 5.29. The van der Waals surface area contributed by atoms with Crippen LogP contribution in [0.5, 0.6) is 0 Å². The molecule has 0 aromatic heterocycles. The van der Waals surface area contributed by atoms with Gasteiger partial charge in [0.25, 0.3) is 0 Å². The minimum Gasteiger partial charge on any atom is -0.233 e. The molecule has 1 aliphatic carbocycles. The van der Waals surface area contributed by atoms with E-state index in [9.17, 15) is 4.79 Å². The van der Waals surface area contributed by atoms with Gasteiger partial charge in [-0.3, -0.25) is 0 Å². The molecule has 44 valence electrons. The van der Waals surface area contributed by atoms with Gasteiger partial charge < -0.3 is 0 Å². The van der Waals surface area contributed by atoms with Crippen molar-refractivity contribution < 1.29 is 4.79 Å². The fourth-order valence-corrected chi connectivity index (χ4v) is 0.772. The second kappa shape index (κ2) is 2.52. The molecule has 0 saturated carbocycles. The van der Waals surface area contributed by atoms with Crippen LogP contribution in [0.25, 0.3) is 0 Å². The molecule has 0 aliphatic heterocycles. The third kappa shape index (κ3) is 1.21. The van der Waals surface area contributed by atoms with Crippen molar-refractivity contribution in [2.45, 2.75) is 5.82 Å². The Morgan fingerprint density at radius 3 is 2.78 bits per heavy atom. The number of allylic oxidation sites excluding steroid dienone is 5. The van der Waals surface area contributed by atoms with Crippen molar-refractivity contribution in [1.29, 1.82) is 0 Å². The molecule has 9 heavy (non-hydrogen) atoms. The van der Waals surface area contributed by atoms with Crippen molar-refractivity contribution in [1.82, 2.24) is 0 Å². The summed E-state index contributed by atoms with van der Waals surface area (Å²) in [5, 5.41) is 0. The molecule has 1 nitrogen and oxygen atoms in total. The van der Waals surface area contributed by atoms with Crippen LogP contribution in [0.3, 0.4) is 0 Å². The zero-order valence-corrected chi connectivity index (χ0v) is 5.29. The maximum Gasteiger partial charge on any atom is 0.127 e. The third-order valence-corrected chi connectivity index (χ3v) is 1.40. The predicted molar refractivity (Wildman–Crippen MR) is 39.8 cm³/mol. The molecule has 0 N–H and O–H groups in total. The highest BCUT2D eigenvalue weighted by Crippen LogP contribution is 2.17. The largest absolute Gasteiger partial charge is 0.233 e. The summed E-state index contributed by atoms with van der Waals surface area (Å²) in [4.78, 5) is 10.1. The van der Waals surface area contributed by atoms with Crippen LogP contribution < -0.4 is 0 Å². The van der Waals surface area contributed by atoms with Gasteiger partial charge in [0.2, 0.25) is 0 Å². The van der Waals surface area contributed by atoms with Crippen molar-refractivity contribution in [3.63, 3.8) is 0 Å². The van der Waals surface area contributed by atoms with Gasteiger partial charge in [0, 0.05) is 5.57 Å². The van der Waals surface area contributed by atoms with Crippen molar-refractivity contribution in [2.24, 2.45) is 0 Å². The lowest BCUT2D eigenvalue weighted by atomic mass is 9.79. The van der Waals surface area contributed by atoms with E-state index in [0.717, 1.165) is 5.57 Å². The molecule has 0 fully saturated rings. The molecular weight excluding hydrogens is 111 g/mol. The fourth-order valence-electron chi connectivity index (χ4n) is 0.772. The van der Waals surface area contributed by atoms with Gasteiger partial charge in [-0.05, 0) is 11.9 Å². The normalized spacial score (nSPS) is 24.0. The van der Waals surface area contributed by atoms with E-state index < -0.39 is 0 Å². The lowest BCUT2D eigenvalue weighted by Crippen LogP contribution is -1.93. The van der Waals surface area contributed by atoms with E-state index in [-0.39, 0.29) is 5.82 Å². The summed E-state index contributed by atoms with van der Waals surface area (Å²) in [5.74, 6) is 2.13. The zero-order chi connectivity index (χ0) is 6.69. The molecule has 0 aromatic rings. The number of rotatable bonds is 0. The summed E-state index contributed by atoms with van der Waals surface area (Å²) < 4.78 is 0. The minimum atomic E-state index is 0.243. The molecule has 1 rings (SSSR count). The summed E-state index contributed by atoms with van der Waals surface area (Å²) >= 11 is 0. The van der Waals surface area contributed by atoms with Crippen LogP contribution in [-0.4, -0.2) is 13.8 Å². The SMILES string of the molecule is BC1C=CC=CC1=C=O. The van der Waals surface area contributed by atoms with Crippen molar-refractivity contribution in [3.8, 4) is 0 Å². The lowest BCUT2D eigenvalue weighted by molar-refractivity contribution is 0.567. The molecular formula is C7H7BO. The molecule has 1 aliphatic rings. The van der Waals surface area contributed by atoms with Crippen molar-refractivity contribution >= 4 is 13.8 Å². The van der Waals surface area contributed by atoms with Crippen LogP contribution in [0, 0.1) is 0 Å². The smallest absolute Gasteiger partial charge is 0.127 e. The Labute approximate surface area is 55.2 Å². The monoisotopic (exact) mass is 118 g/mol. The van der Waals surface area contributed by atoms with Gasteiger partial charge in [-0.1, -0.05) is 18.2 Å². The molecule has 2 heteroatoms. The van der Waals surface area contributed by atoms with E-state index in [2.05, 4.69) is 0 Å². The second-order valence-electron chi connectivity index (χ2n) is 2.09. The molecule has 0 saturated heterocycles. The van der Waals surface area contributed by atoms with Crippen LogP contribution in [0.1, 0.15) is 0 Å². The Morgan fingerprint density at radius 1 is 1.56 bits per heavy atom. The quantitative estimate of drug-likeness (QED) is 0.330. The topological polar surface area (TPSA) is 17.1 Å². The van der Waals surface area contributed by atoms with E-state index in [0.29, 0.717) is 0 Å². The molecule has 1 atom stereocenters. The van der Waals surface area contributed by atoms with E-state index >= 15 is 0 Å². The first-order valence-corrected chi connectivity index (χ1v) is 2.94. The van der Waals surface area contributed by atoms with Crippen LogP contribution in [0.15, 0.2) is 29.9 Å². The summed E-state index contributed by atoms with van der Waals surface area (Å²) in [7, 11) is 1.97. The van der Waals surface area contributed by atoms with Crippen LogP contribution in [0.4, 0.5) is 0 Å². The van der Waals surface area contributed by atoms with Gasteiger partial charge in [0.15, 0.2) is 0 Å². The molecule has 0 bridgehead atoms. The first kappa shape index (κ1) is 6.12. The van der Waals surface area contributed by atoms with E-state index in [1.165, 1.54) is 0 Å². The maximum atomic E-state index is 10.1. The Hall–Kier alpha value is -1.01. The summed E-state index contributed by atoms with van der Waals surface area (Å²) in [6.45, 7) is 0. The molecule has 0 radical (unpaired) electrons. The molecule has 1 unspecified atom stereocenters. The van der Waals surface area contributed by atoms with Crippen LogP contribution in [0.2, 0.25) is 5.82 Å². The second-order valence-corrected chi connectivity index (χ2v) is 2.09. The Kier molecular flexibility index (Phi) is 1.71. The van der Waals surface area contributed by atoms with Gasteiger partial charge >= 0.3 is 0 Å². The summed E-state index contributed by atoms with van der Waals surface area (Å²) in [5.41, 5.74) is 0.734. The van der Waals surface area contributed by atoms with Crippen LogP contribution >= 0.6 is 0 Å².